The van der Waals surface area contributed by atoms with Gasteiger partial charge in [-0.3, -0.25) is 4.98 Å². The summed E-state index contributed by atoms with van der Waals surface area (Å²) in [5, 5.41) is 9.17. The molecule has 1 heterocycles. The smallest absolute Gasteiger partial charge is 0.128 e. The SMILES string of the molecule is CC1CCC(Oc2ccncc2CO)CC1. The molecule has 1 N–H and O–H groups in total. The van der Waals surface area contributed by atoms with E-state index >= 15 is 0 Å². The van der Waals surface area contributed by atoms with Crippen LogP contribution in [0.4, 0.5) is 0 Å². The van der Waals surface area contributed by atoms with E-state index in [1.54, 1.807) is 12.4 Å². The lowest BCUT2D eigenvalue weighted by Crippen LogP contribution is -2.23. The fraction of sp³-hybridized carbons (Fsp3) is 0.615. The number of ether oxygens (including phenoxy) is 1. The van der Waals surface area contributed by atoms with Crippen LogP contribution >= 0.6 is 0 Å². The minimum Gasteiger partial charge on any atom is -0.490 e. The molecule has 3 nitrogen and oxygen atoms in total. The molecule has 2 rings (SSSR count). The first-order valence-corrected chi connectivity index (χ1v) is 6.00. The number of aliphatic hydroxyl groups is 1. The van der Waals surface area contributed by atoms with Gasteiger partial charge in [0.05, 0.1) is 12.7 Å². The van der Waals surface area contributed by atoms with Crippen molar-refractivity contribution < 1.29 is 9.84 Å². The summed E-state index contributed by atoms with van der Waals surface area (Å²) in [5.41, 5.74) is 0.779. The van der Waals surface area contributed by atoms with E-state index in [1.165, 1.54) is 12.8 Å². The fourth-order valence-corrected chi connectivity index (χ4v) is 2.18. The van der Waals surface area contributed by atoms with Crippen LogP contribution in [-0.2, 0) is 6.61 Å². The molecule has 0 unspecified atom stereocenters. The quantitative estimate of drug-likeness (QED) is 0.852. The second-order valence-corrected chi connectivity index (χ2v) is 4.64. The molecule has 1 aliphatic carbocycles. The Labute approximate surface area is 96.5 Å². The second-order valence-electron chi connectivity index (χ2n) is 4.64. The average Bonchev–Trinajstić information content (AvgIpc) is 2.33. The standard InChI is InChI=1S/C13H19NO2/c1-10-2-4-12(5-3-10)16-13-6-7-14-8-11(13)9-15/h6-8,10,12,15H,2-5,9H2,1H3. The number of aliphatic hydroxyl groups excluding tert-OH is 1. The summed E-state index contributed by atoms with van der Waals surface area (Å²) >= 11 is 0. The van der Waals surface area contributed by atoms with Gasteiger partial charge in [0, 0.05) is 18.0 Å². The minimum absolute atomic E-state index is 0.00764. The Kier molecular flexibility index (Phi) is 3.78. The molecule has 0 spiro atoms. The molecule has 0 bridgehead atoms. The first kappa shape index (κ1) is 11.4. The summed E-state index contributed by atoms with van der Waals surface area (Å²) in [5.74, 6) is 1.62. The van der Waals surface area contributed by atoms with E-state index in [1.807, 2.05) is 6.07 Å². The van der Waals surface area contributed by atoms with Crippen LogP contribution in [-0.4, -0.2) is 16.2 Å². The molecular weight excluding hydrogens is 202 g/mol. The maximum Gasteiger partial charge on any atom is 0.128 e. The Balaban J connectivity index is 1.98. The molecule has 0 radical (unpaired) electrons. The van der Waals surface area contributed by atoms with E-state index in [9.17, 15) is 0 Å². The van der Waals surface area contributed by atoms with Crippen molar-refractivity contribution in [1.29, 1.82) is 0 Å². The molecule has 1 aromatic rings. The molecule has 1 fully saturated rings. The summed E-state index contributed by atoms with van der Waals surface area (Å²) in [6.45, 7) is 2.29. The third-order valence-electron chi connectivity index (χ3n) is 3.29. The largest absolute Gasteiger partial charge is 0.490 e. The van der Waals surface area contributed by atoms with Gasteiger partial charge in [-0.2, -0.15) is 0 Å². The van der Waals surface area contributed by atoms with Gasteiger partial charge < -0.3 is 9.84 Å². The van der Waals surface area contributed by atoms with Gasteiger partial charge in [0.2, 0.25) is 0 Å². The molecule has 88 valence electrons. The maximum atomic E-state index is 9.17. The van der Waals surface area contributed by atoms with Crippen molar-refractivity contribution in [2.24, 2.45) is 5.92 Å². The van der Waals surface area contributed by atoms with Crippen molar-refractivity contribution in [3.8, 4) is 5.75 Å². The Morgan fingerprint density at radius 1 is 1.38 bits per heavy atom. The van der Waals surface area contributed by atoms with Crippen molar-refractivity contribution in [2.75, 3.05) is 0 Å². The molecular formula is C13H19NO2. The van der Waals surface area contributed by atoms with Crippen LogP contribution in [0.25, 0.3) is 0 Å². The lowest BCUT2D eigenvalue weighted by atomic mass is 9.89. The van der Waals surface area contributed by atoms with Crippen LogP contribution < -0.4 is 4.74 Å². The van der Waals surface area contributed by atoms with E-state index in [4.69, 9.17) is 9.84 Å². The molecule has 0 amide bonds. The predicted octanol–water partition coefficient (Wildman–Crippen LogP) is 2.53. The van der Waals surface area contributed by atoms with Gasteiger partial charge >= 0.3 is 0 Å². The zero-order valence-corrected chi connectivity index (χ0v) is 9.72. The lowest BCUT2D eigenvalue weighted by Gasteiger charge is -2.27. The number of nitrogens with zero attached hydrogens (tertiary/aromatic N) is 1. The van der Waals surface area contributed by atoms with Gasteiger partial charge in [0.15, 0.2) is 0 Å². The van der Waals surface area contributed by atoms with Gasteiger partial charge in [-0.15, -0.1) is 0 Å². The third-order valence-corrected chi connectivity index (χ3v) is 3.29. The molecule has 0 aliphatic heterocycles. The third kappa shape index (κ3) is 2.73. The molecule has 0 saturated heterocycles. The number of rotatable bonds is 3. The Morgan fingerprint density at radius 2 is 2.12 bits per heavy atom. The van der Waals surface area contributed by atoms with E-state index in [-0.39, 0.29) is 6.61 Å². The summed E-state index contributed by atoms with van der Waals surface area (Å²) in [7, 11) is 0. The highest BCUT2D eigenvalue weighted by atomic mass is 16.5. The summed E-state index contributed by atoms with van der Waals surface area (Å²) < 4.78 is 5.93. The Morgan fingerprint density at radius 3 is 2.81 bits per heavy atom. The van der Waals surface area contributed by atoms with Gasteiger partial charge in [0.25, 0.3) is 0 Å². The van der Waals surface area contributed by atoms with Crippen molar-refractivity contribution in [3.63, 3.8) is 0 Å². The highest BCUT2D eigenvalue weighted by Gasteiger charge is 2.20. The molecule has 1 saturated carbocycles. The Bertz CT molecular complexity index is 332. The van der Waals surface area contributed by atoms with Gasteiger partial charge in [-0.25, -0.2) is 0 Å². The van der Waals surface area contributed by atoms with Crippen LogP contribution in [0, 0.1) is 5.92 Å². The van der Waals surface area contributed by atoms with E-state index in [2.05, 4.69) is 11.9 Å². The summed E-state index contributed by atoms with van der Waals surface area (Å²) in [6, 6.07) is 1.84. The zero-order chi connectivity index (χ0) is 11.4. The van der Waals surface area contributed by atoms with Crippen molar-refractivity contribution >= 4 is 0 Å². The highest BCUT2D eigenvalue weighted by molar-refractivity contribution is 5.29. The lowest BCUT2D eigenvalue weighted by molar-refractivity contribution is 0.131. The fourth-order valence-electron chi connectivity index (χ4n) is 2.18. The van der Waals surface area contributed by atoms with E-state index in [0.29, 0.717) is 6.10 Å². The van der Waals surface area contributed by atoms with Gasteiger partial charge in [0.1, 0.15) is 5.75 Å². The van der Waals surface area contributed by atoms with E-state index in [0.717, 1.165) is 30.1 Å². The van der Waals surface area contributed by atoms with Crippen LogP contribution in [0.3, 0.4) is 0 Å². The Hall–Kier alpha value is -1.09. The van der Waals surface area contributed by atoms with Crippen LogP contribution in [0.15, 0.2) is 18.5 Å². The zero-order valence-electron chi connectivity index (χ0n) is 9.72. The molecule has 0 aromatic carbocycles. The number of pyridine rings is 1. The first-order chi connectivity index (χ1) is 7.79. The number of hydrogen-bond acceptors (Lipinski definition) is 3. The van der Waals surface area contributed by atoms with Crippen LogP contribution in [0.5, 0.6) is 5.75 Å². The van der Waals surface area contributed by atoms with Crippen molar-refractivity contribution in [3.05, 3.63) is 24.0 Å². The van der Waals surface area contributed by atoms with Crippen LogP contribution in [0.1, 0.15) is 38.2 Å². The molecule has 3 heteroatoms. The number of aromatic nitrogens is 1. The normalized spacial score (nSPS) is 25.4. The molecule has 1 aromatic heterocycles. The summed E-state index contributed by atoms with van der Waals surface area (Å²) in [4.78, 5) is 3.98. The first-order valence-electron chi connectivity index (χ1n) is 6.00. The van der Waals surface area contributed by atoms with Crippen molar-refractivity contribution in [1.82, 2.24) is 4.98 Å². The maximum absolute atomic E-state index is 9.17. The average molecular weight is 221 g/mol. The molecule has 16 heavy (non-hydrogen) atoms. The van der Waals surface area contributed by atoms with Gasteiger partial charge in [-0.05, 0) is 37.7 Å². The highest BCUT2D eigenvalue weighted by Crippen LogP contribution is 2.28. The van der Waals surface area contributed by atoms with Gasteiger partial charge in [-0.1, -0.05) is 6.92 Å². The van der Waals surface area contributed by atoms with E-state index < -0.39 is 0 Å². The molecule has 0 atom stereocenters. The minimum atomic E-state index is -0.00764. The van der Waals surface area contributed by atoms with Crippen molar-refractivity contribution in [2.45, 2.75) is 45.3 Å². The second kappa shape index (κ2) is 5.30. The predicted molar refractivity (Wildman–Crippen MR) is 62.2 cm³/mol. The summed E-state index contributed by atoms with van der Waals surface area (Å²) in [6.07, 6.45) is 8.40. The molecule has 1 aliphatic rings. The monoisotopic (exact) mass is 221 g/mol. The number of hydrogen-bond donors (Lipinski definition) is 1. The topological polar surface area (TPSA) is 42.4 Å². The van der Waals surface area contributed by atoms with Crippen LogP contribution in [0.2, 0.25) is 0 Å².